The Labute approximate surface area is 173 Å². The molecule has 2 atom stereocenters. The minimum Gasteiger partial charge on any atom is -0.361 e. The van der Waals surface area contributed by atoms with Crippen LogP contribution >= 0.6 is 0 Å². The van der Waals surface area contributed by atoms with Crippen molar-refractivity contribution in [2.24, 2.45) is 5.92 Å². The third-order valence-corrected chi connectivity index (χ3v) is 5.87. The fraction of sp³-hybridized carbons (Fsp3) is 0.292. The number of carbonyl (C=O) groups excluding carboxylic acids is 1. The summed E-state index contributed by atoms with van der Waals surface area (Å²) in [5.74, 6) is 0.881. The fourth-order valence-electron chi connectivity index (χ4n) is 4.49. The van der Waals surface area contributed by atoms with Gasteiger partial charge < -0.3 is 10.3 Å². The highest BCUT2D eigenvalue weighted by molar-refractivity contribution is 5.87. The number of fused-ring (bicyclic) bond motifs is 3. The van der Waals surface area contributed by atoms with Gasteiger partial charge >= 0.3 is 0 Å². The molecule has 0 radical (unpaired) electrons. The molecule has 0 bridgehead atoms. The summed E-state index contributed by atoms with van der Waals surface area (Å²) in [4.78, 5) is 34.8. The number of benzene rings is 2. The minimum atomic E-state index is -0.632. The van der Waals surface area contributed by atoms with Gasteiger partial charge in [0.05, 0.1) is 16.9 Å². The monoisotopic (exact) mass is 400 g/mol. The predicted octanol–water partition coefficient (Wildman–Crippen LogP) is 3.88. The summed E-state index contributed by atoms with van der Waals surface area (Å²) in [6.07, 6.45) is 3.09. The molecule has 0 saturated heterocycles. The number of rotatable bonds is 4. The maximum absolute atomic E-state index is 13.5. The molecule has 1 amide bonds. The number of aromatic amines is 1. The zero-order chi connectivity index (χ0) is 20.8. The molecule has 0 aliphatic carbocycles. The summed E-state index contributed by atoms with van der Waals surface area (Å²) < 4.78 is 1.63. The number of hydrogen-bond acceptors (Lipinski definition) is 3. The first-order chi connectivity index (χ1) is 14.5. The zero-order valence-electron chi connectivity index (χ0n) is 17.1. The predicted molar refractivity (Wildman–Crippen MR) is 117 cm³/mol. The molecule has 0 fully saturated rings. The first kappa shape index (κ1) is 18.6. The summed E-state index contributed by atoms with van der Waals surface area (Å²) >= 11 is 0. The average molecular weight is 400 g/mol. The fourth-order valence-corrected chi connectivity index (χ4v) is 4.49. The highest BCUT2D eigenvalue weighted by Gasteiger charge is 2.36. The Balaban J connectivity index is 1.68. The van der Waals surface area contributed by atoms with Crippen molar-refractivity contribution in [3.63, 3.8) is 0 Å². The first-order valence-corrected chi connectivity index (χ1v) is 10.4. The summed E-state index contributed by atoms with van der Waals surface area (Å²) in [7, 11) is 0. The molecule has 5 rings (SSSR count). The Kier molecular flexibility index (Phi) is 4.42. The molecule has 2 aromatic carbocycles. The van der Waals surface area contributed by atoms with Crippen LogP contribution in [0.1, 0.15) is 43.7 Å². The average Bonchev–Trinajstić information content (AvgIpc) is 3.14. The highest BCUT2D eigenvalue weighted by Crippen LogP contribution is 2.31. The molecule has 152 valence electrons. The Morgan fingerprint density at radius 3 is 2.57 bits per heavy atom. The van der Waals surface area contributed by atoms with E-state index in [1.54, 1.807) is 10.6 Å². The van der Waals surface area contributed by atoms with Crippen LogP contribution in [0.4, 0.5) is 0 Å². The molecule has 0 unspecified atom stereocenters. The third kappa shape index (κ3) is 3.00. The molecule has 6 heteroatoms. The van der Waals surface area contributed by atoms with Crippen molar-refractivity contribution in [3.8, 4) is 0 Å². The second-order valence-electron chi connectivity index (χ2n) is 8.43. The molecule has 1 aliphatic heterocycles. The lowest BCUT2D eigenvalue weighted by Gasteiger charge is -2.33. The lowest BCUT2D eigenvalue weighted by Crippen LogP contribution is -2.48. The van der Waals surface area contributed by atoms with Crippen LogP contribution < -0.4 is 10.9 Å². The summed E-state index contributed by atoms with van der Waals surface area (Å²) in [6.45, 7) is 4.21. The van der Waals surface area contributed by atoms with Gasteiger partial charge in [0.1, 0.15) is 11.9 Å². The van der Waals surface area contributed by atoms with Gasteiger partial charge in [-0.15, -0.1) is 0 Å². The van der Waals surface area contributed by atoms with Crippen LogP contribution in [0, 0.1) is 5.92 Å². The van der Waals surface area contributed by atoms with Gasteiger partial charge in [-0.25, -0.2) is 4.98 Å². The second-order valence-corrected chi connectivity index (χ2v) is 8.43. The molecule has 0 spiro atoms. The minimum absolute atomic E-state index is 0.127. The molecule has 0 saturated carbocycles. The van der Waals surface area contributed by atoms with Gasteiger partial charge in [-0.1, -0.05) is 44.2 Å². The van der Waals surface area contributed by atoms with E-state index in [1.165, 1.54) is 0 Å². The Morgan fingerprint density at radius 2 is 1.77 bits per heavy atom. The quantitative estimate of drug-likeness (QED) is 0.546. The maximum atomic E-state index is 13.5. The van der Waals surface area contributed by atoms with E-state index in [1.807, 2.05) is 48.7 Å². The standard InChI is InChI=1S/C24H24N4O2/c1-14(2)11-20-22-26-19-10-6-4-8-17(19)24(30)28(22)21(23(29)27-20)12-15-13-25-18-9-5-3-7-16(15)18/h3-10,13-14,20-21,25H,11-12H2,1-2H3,(H,27,29)/t20-,21-/m0/s1. The molecular formula is C24H24N4O2. The number of hydrogen-bond donors (Lipinski definition) is 2. The van der Waals surface area contributed by atoms with Crippen LogP contribution in [-0.2, 0) is 11.2 Å². The molecule has 6 nitrogen and oxygen atoms in total. The van der Waals surface area contributed by atoms with Crippen LogP contribution in [0.2, 0.25) is 0 Å². The van der Waals surface area contributed by atoms with Crippen molar-refractivity contribution in [2.75, 3.05) is 0 Å². The number of aromatic nitrogens is 3. The Hall–Kier alpha value is -3.41. The van der Waals surface area contributed by atoms with E-state index in [2.05, 4.69) is 24.1 Å². The van der Waals surface area contributed by atoms with Crippen molar-refractivity contribution >= 4 is 27.7 Å². The van der Waals surface area contributed by atoms with E-state index >= 15 is 0 Å². The Bertz CT molecular complexity index is 1320. The number of carbonyl (C=O) groups is 1. The van der Waals surface area contributed by atoms with Crippen LogP contribution in [0.5, 0.6) is 0 Å². The van der Waals surface area contributed by atoms with E-state index < -0.39 is 6.04 Å². The highest BCUT2D eigenvalue weighted by atomic mass is 16.2. The number of nitrogens with one attached hydrogen (secondary N) is 2. The molecule has 2 aromatic heterocycles. The van der Waals surface area contributed by atoms with Gasteiger partial charge in [0.15, 0.2) is 0 Å². The van der Waals surface area contributed by atoms with Gasteiger partial charge in [-0.2, -0.15) is 0 Å². The SMILES string of the molecule is CC(C)C[C@@H]1NC(=O)[C@H](Cc2c[nH]c3ccccc23)n2c1nc1ccccc1c2=O. The van der Waals surface area contributed by atoms with Crippen LogP contribution in [0.25, 0.3) is 21.8 Å². The summed E-state index contributed by atoms with van der Waals surface area (Å²) in [6, 6.07) is 14.5. The van der Waals surface area contributed by atoms with E-state index in [4.69, 9.17) is 4.98 Å². The van der Waals surface area contributed by atoms with Crippen molar-refractivity contribution in [1.82, 2.24) is 19.9 Å². The van der Waals surface area contributed by atoms with Crippen molar-refractivity contribution in [2.45, 2.75) is 38.8 Å². The van der Waals surface area contributed by atoms with Crippen LogP contribution in [-0.4, -0.2) is 20.4 Å². The van der Waals surface area contributed by atoms with E-state index in [0.717, 1.165) is 22.9 Å². The van der Waals surface area contributed by atoms with E-state index in [9.17, 15) is 9.59 Å². The molecule has 30 heavy (non-hydrogen) atoms. The molecular weight excluding hydrogens is 376 g/mol. The normalized spacial score (nSPS) is 18.7. The number of H-pyrrole nitrogens is 1. The molecule has 4 aromatic rings. The van der Waals surface area contributed by atoms with Crippen LogP contribution in [0.3, 0.4) is 0 Å². The van der Waals surface area contributed by atoms with Crippen molar-refractivity contribution in [1.29, 1.82) is 0 Å². The van der Waals surface area contributed by atoms with Gasteiger partial charge in [-0.3, -0.25) is 14.2 Å². The third-order valence-electron chi connectivity index (χ3n) is 5.87. The molecule has 2 N–H and O–H groups in total. The van der Waals surface area contributed by atoms with E-state index in [-0.39, 0.29) is 17.5 Å². The van der Waals surface area contributed by atoms with Gasteiger partial charge in [-0.05, 0) is 36.1 Å². The van der Waals surface area contributed by atoms with Crippen molar-refractivity contribution < 1.29 is 4.79 Å². The van der Waals surface area contributed by atoms with Crippen LogP contribution in [0.15, 0.2) is 59.5 Å². The smallest absolute Gasteiger partial charge is 0.262 e. The van der Waals surface area contributed by atoms with Crippen molar-refractivity contribution in [3.05, 3.63) is 76.5 Å². The van der Waals surface area contributed by atoms with Gasteiger partial charge in [0.25, 0.3) is 5.56 Å². The summed E-state index contributed by atoms with van der Waals surface area (Å²) in [5.41, 5.74) is 2.55. The summed E-state index contributed by atoms with van der Waals surface area (Å²) in [5, 5.41) is 4.75. The largest absolute Gasteiger partial charge is 0.361 e. The lowest BCUT2D eigenvalue weighted by molar-refractivity contribution is -0.126. The lowest BCUT2D eigenvalue weighted by atomic mass is 9.96. The zero-order valence-corrected chi connectivity index (χ0v) is 17.1. The Morgan fingerprint density at radius 1 is 1.03 bits per heavy atom. The number of para-hydroxylation sites is 2. The molecule has 1 aliphatic rings. The number of nitrogens with zero attached hydrogens (tertiary/aromatic N) is 2. The second kappa shape index (κ2) is 7.13. The van der Waals surface area contributed by atoms with E-state index in [0.29, 0.717) is 29.1 Å². The maximum Gasteiger partial charge on any atom is 0.262 e. The van der Waals surface area contributed by atoms with Gasteiger partial charge in [0.2, 0.25) is 5.91 Å². The van der Waals surface area contributed by atoms with Gasteiger partial charge in [0, 0.05) is 23.5 Å². The topological polar surface area (TPSA) is 79.8 Å². The molecule has 3 heterocycles. The number of amides is 1. The first-order valence-electron chi connectivity index (χ1n) is 10.4.